The Morgan fingerprint density at radius 3 is 2.81 bits per heavy atom. The van der Waals surface area contributed by atoms with Crippen LogP contribution in [-0.4, -0.2) is 19.3 Å². The molecule has 4 nitrogen and oxygen atoms in total. The first kappa shape index (κ1) is 14.4. The standard InChI is InChI=1S/C14H13Cl2FN4/c1-20-4-2-9(19-20)3-5-21-13-6-10(16)11(17)7-12(13)18-14(21)8-15/h2,4,6-7H,3,5,8H2,1H3. The van der Waals surface area contributed by atoms with Gasteiger partial charge in [-0.25, -0.2) is 9.37 Å². The van der Waals surface area contributed by atoms with E-state index in [1.165, 1.54) is 6.07 Å². The smallest absolute Gasteiger partial charge is 0.144 e. The first-order valence-electron chi connectivity index (χ1n) is 6.47. The van der Waals surface area contributed by atoms with Gasteiger partial charge in [-0.3, -0.25) is 4.68 Å². The summed E-state index contributed by atoms with van der Waals surface area (Å²) < 4.78 is 17.2. The van der Waals surface area contributed by atoms with Crippen molar-refractivity contribution >= 4 is 34.2 Å². The maximum Gasteiger partial charge on any atom is 0.144 e. The monoisotopic (exact) mass is 326 g/mol. The fourth-order valence-electron chi connectivity index (χ4n) is 2.34. The first-order valence-corrected chi connectivity index (χ1v) is 7.38. The molecule has 2 heterocycles. The van der Waals surface area contributed by atoms with Crippen LogP contribution in [0.3, 0.4) is 0 Å². The first-order chi connectivity index (χ1) is 10.1. The van der Waals surface area contributed by atoms with Crippen molar-refractivity contribution in [1.29, 1.82) is 0 Å². The average Bonchev–Trinajstić information content (AvgIpc) is 3.01. The second-order valence-corrected chi connectivity index (χ2v) is 5.47. The van der Waals surface area contributed by atoms with Gasteiger partial charge in [0.25, 0.3) is 0 Å². The zero-order valence-corrected chi connectivity index (χ0v) is 12.9. The van der Waals surface area contributed by atoms with E-state index >= 15 is 0 Å². The van der Waals surface area contributed by atoms with Gasteiger partial charge in [0.1, 0.15) is 11.6 Å². The second-order valence-electron chi connectivity index (χ2n) is 4.80. The number of aromatic nitrogens is 4. The molecule has 0 N–H and O–H groups in total. The van der Waals surface area contributed by atoms with Crippen LogP contribution in [0.1, 0.15) is 11.5 Å². The van der Waals surface area contributed by atoms with Crippen LogP contribution in [0.25, 0.3) is 11.0 Å². The molecule has 0 radical (unpaired) electrons. The molecule has 0 aliphatic rings. The number of nitrogens with zero attached hydrogens (tertiary/aromatic N) is 4. The predicted molar refractivity (Wildman–Crippen MR) is 81.2 cm³/mol. The van der Waals surface area contributed by atoms with Crippen molar-refractivity contribution in [2.75, 3.05) is 0 Å². The molecule has 1 aromatic carbocycles. The minimum atomic E-state index is -0.473. The van der Waals surface area contributed by atoms with Gasteiger partial charge in [0, 0.05) is 32.3 Å². The summed E-state index contributed by atoms with van der Waals surface area (Å²) in [5.41, 5.74) is 2.33. The highest BCUT2D eigenvalue weighted by molar-refractivity contribution is 6.31. The fourth-order valence-corrected chi connectivity index (χ4v) is 2.71. The number of halogens is 3. The summed E-state index contributed by atoms with van der Waals surface area (Å²) in [5.74, 6) is 0.486. The summed E-state index contributed by atoms with van der Waals surface area (Å²) in [4.78, 5) is 4.36. The molecule has 3 aromatic rings. The maximum atomic E-state index is 13.5. The number of rotatable bonds is 4. The fraction of sp³-hybridized carbons (Fsp3) is 0.286. The molecule has 2 aromatic heterocycles. The lowest BCUT2D eigenvalue weighted by Gasteiger charge is -2.06. The molecule has 0 saturated carbocycles. The predicted octanol–water partition coefficient (Wildman–Crippen LogP) is 3.54. The van der Waals surface area contributed by atoms with Crippen molar-refractivity contribution in [3.63, 3.8) is 0 Å². The molecule has 0 unspecified atom stereocenters. The Hall–Kier alpha value is -1.59. The Morgan fingerprint density at radius 2 is 2.14 bits per heavy atom. The molecule has 0 bridgehead atoms. The van der Waals surface area contributed by atoms with Crippen LogP contribution in [0.5, 0.6) is 0 Å². The van der Waals surface area contributed by atoms with Gasteiger partial charge in [0.15, 0.2) is 0 Å². The molecule has 3 rings (SSSR count). The summed E-state index contributed by atoms with van der Waals surface area (Å²) in [6, 6.07) is 4.89. The summed E-state index contributed by atoms with van der Waals surface area (Å²) in [5, 5.41) is 4.43. The van der Waals surface area contributed by atoms with Crippen LogP contribution in [0, 0.1) is 5.82 Å². The molecule has 110 valence electrons. The summed E-state index contributed by atoms with van der Waals surface area (Å²) >= 11 is 11.8. The molecule has 0 amide bonds. The Kier molecular flexibility index (Phi) is 3.87. The third-order valence-corrected chi connectivity index (χ3v) is 3.88. The molecule has 0 aliphatic heterocycles. The third-order valence-electron chi connectivity index (χ3n) is 3.35. The Balaban J connectivity index is 1.97. The van der Waals surface area contributed by atoms with Gasteiger partial charge in [0.05, 0.1) is 27.6 Å². The largest absolute Gasteiger partial charge is 0.327 e. The Bertz CT molecular complexity index is 794. The van der Waals surface area contributed by atoms with E-state index in [9.17, 15) is 4.39 Å². The van der Waals surface area contributed by atoms with Crippen LogP contribution in [0.4, 0.5) is 4.39 Å². The topological polar surface area (TPSA) is 35.6 Å². The van der Waals surface area contributed by atoms with Crippen molar-refractivity contribution < 1.29 is 4.39 Å². The van der Waals surface area contributed by atoms with Gasteiger partial charge in [-0.15, -0.1) is 11.6 Å². The van der Waals surface area contributed by atoms with Gasteiger partial charge < -0.3 is 4.57 Å². The van der Waals surface area contributed by atoms with E-state index in [-0.39, 0.29) is 10.9 Å². The molecule has 0 aliphatic carbocycles. The number of alkyl halides is 1. The normalized spacial score (nSPS) is 11.4. The number of hydrogen-bond acceptors (Lipinski definition) is 2. The zero-order valence-electron chi connectivity index (χ0n) is 11.4. The van der Waals surface area contributed by atoms with Gasteiger partial charge >= 0.3 is 0 Å². The van der Waals surface area contributed by atoms with E-state index in [0.717, 1.165) is 17.6 Å². The molecule has 0 spiro atoms. The van der Waals surface area contributed by atoms with E-state index in [1.54, 1.807) is 10.7 Å². The van der Waals surface area contributed by atoms with E-state index in [1.807, 2.05) is 23.9 Å². The number of fused-ring (bicyclic) bond motifs is 1. The second kappa shape index (κ2) is 5.66. The minimum absolute atomic E-state index is 0.0857. The Labute approximate surface area is 131 Å². The quantitative estimate of drug-likeness (QED) is 0.687. The minimum Gasteiger partial charge on any atom is -0.327 e. The summed E-state index contributed by atoms with van der Waals surface area (Å²) in [6.07, 6.45) is 2.64. The van der Waals surface area contributed by atoms with Gasteiger partial charge in [-0.05, 0) is 12.1 Å². The lowest BCUT2D eigenvalue weighted by molar-refractivity contribution is 0.629. The van der Waals surface area contributed by atoms with Crippen LogP contribution in [0.15, 0.2) is 24.4 Å². The lowest BCUT2D eigenvalue weighted by Crippen LogP contribution is -2.06. The van der Waals surface area contributed by atoms with Gasteiger partial charge in [0.2, 0.25) is 0 Å². The molecule has 0 fully saturated rings. The third kappa shape index (κ3) is 2.76. The molecule has 0 saturated heterocycles. The molecular formula is C14H13Cl2FN4. The van der Waals surface area contributed by atoms with Crippen molar-refractivity contribution in [2.45, 2.75) is 18.8 Å². The number of imidazole rings is 1. The van der Waals surface area contributed by atoms with Crippen LogP contribution in [0.2, 0.25) is 5.02 Å². The molecule has 21 heavy (non-hydrogen) atoms. The highest BCUT2D eigenvalue weighted by Crippen LogP contribution is 2.24. The van der Waals surface area contributed by atoms with Crippen LogP contribution >= 0.6 is 23.2 Å². The van der Waals surface area contributed by atoms with Crippen LogP contribution in [-0.2, 0) is 25.9 Å². The number of benzene rings is 1. The van der Waals surface area contributed by atoms with Gasteiger partial charge in [-0.2, -0.15) is 5.10 Å². The van der Waals surface area contributed by atoms with Gasteiger partial charge in [-0.1, -0.05) is 11.6 Å². The SMILES string of the molecule is Cn1ccc(CCn2c(CCl)nc3cc(F)c(Cl)cc32)n1. The highest BCUT2D eigenvalue weighted by atomic mass is 35.5. The van der Waals surface area contributed by atoms with Crippen LogP contribution < -0.4 is 0 Å². The van der Waals surface area contributed by atoms with E-state index < -0.39 is 5.82 Å². The lowest BCUT2D eigenvalue weighted by atomic mass is 10.3. The zero-order chi connectivity index (χ0) is 15.0. The van der Waals surface area contributed by atoms with E-state index in [0.29, 0.717) is 17.9 Å². The summed E-state index contributed by atoms with van der Waals surface area (Å²) in [6.45, 7) is 0.664. The van der Waals surface area contributed by atoms with Crippen molar-refractivity contribution in [3.05, 3.63) is 46.8 Å². The van der Waals surface area contributed by atoms with E-state index in [2.05, 4.69) is 10.1 Å². The number of hydrogen-bond donors (Lipinski definition) is 0. The molecule has 7 heteroatoms. The van der Waals surface area contributed by atoms with Crippen molar-refractivity contribution in [1.82, 2.24) is 19.3 Å². The average molecular weight is 327 g/mol. The molecule has 0 atom stereocenters. The van der Waals surface area contributed by atoms with E-state index in [4.69, 9.17) is 23.2 Å². The number of aryl methyl sites for hydroxylation is 3. The van der Waals surface area contributed by atoms with Crippen molar-refractivity contribution in [2.24, 2.45) is 7.05 Å². The molecular weight excluding hydrogens is 314 g/mol. The Morgan fingerprint density at radius 1 is 1.33 bits per heavy atom. The van der Waals surface area contributed by atoms with Crippen molar-refractivity contribution in [3.8, 4) is 0 Å². The highest BCUT2D eigenvalue weighted by Gasteiger charge is 2.13. The summed E-state index contributed by atoms with van der Waals surface area (Å²) in [7, 11) is 1.88. The maximum absolute atomic E-state index is 13.5.